The normalized spacial score (nSPS) is 10.7. The summed E-state index contributed by atoms with van der Waals surface area (Å²) >= 11 is 1.34. The maximum absolute atomic E-state index is 13.0. The number of carbonyl (C=O) groups excluding carboxylic acids is 1. The number of hydrogen-bond acceptors (Lipinski definition) is 4. The number of anilines is 1. The first-order valence-electron chi connectivity index (χ1n) is 5.08. The zero-order valence-corrected chi connectivity index (χ0v) is 9.82. The molecule has 1 aromatic carbocycles. The van der Waals surface area contributed by atoms with Crippen molar-refractivity contribution in [2.24, 2.45) is 0 Å². The molecule has 0 bridgehead atoms. The summed E-state index contributed by atoms with van der Waals surface area (Å²) in [7, 11) is 0. The van der Waals surface area contributed by atoms with E-state index in [-0.39, 0.29) is 5.69 Å². The van der Waals surface area contributed by atoms with E-state index in [4.69, 9.17) is 0 Å². The van der Waals surface area contributed by atoms with Gasteiger partial charge in [0.2, 0.25) is 4.96 Å². The molecule has 1 amide bonds. The van der Waals surface area contributed by atoms with Gasteiger partial charge in [-0.25, -0.2) is 13.9 Å². The number of aromatic nitrogens is 3. The van der Waals surface area contributed by atoms with Crippen LogP contribution in [-0.2, 0) is 0 Å². The van der Waals surface area contributed by atoms with E-state index >= 15 is 0 Å². The van der Waals surface area contributed by atoms with Gasteiger partial charge in [0.1, 0.15) is 17.0 Å². The predicted octanol–water partition coefficient (Wildman–Crippen LogP) is 2.18. The second-order valence-electron chi connectivity index (χ2n) is 3.56. The number of imidazole rings is 1. The van der Waals surface area contributed by atoms with Crippen LogP contribution in [0.2, 0.25) is 0 Å². The molecule has 0 atom stereocenters. The van der Waals surface area contributed by atoms with Gasteiger partial charge in [-0.1, -0.05) is 17.4 Å². The van der Waals surface area contributed by atoms with Gasteiger partial charge in [0.05, 0.1) is 6.20 Å². The van der Waals surface area contributed by atoms with Crippen LogP contribution >= 0.6 is 11.3 Å². The van der Waals surface area contributed by atoms with Crippen LogP contribution in [0, 0.1) is 5.82 Å². The van der Waals surface area contributed by atoms with Crippen molar-refractivity contribution in [3.8, 4) is 0 Å². The lowest BCUT2D eigenvalue weighted by molar-refractivity contribution is 0.102. The molecule has 2 heterocycles. The van der Waals surface area contributed by atoms with Crippen LogP contribution in [0.3, 0.4) is 0 Å². The first-order valence-corrected chi connectivity index (χ1v) is 5.96. The third-order valence-electron chi connectivity index (χ3n) is 2.30. The van der Waals surface area contributed by atoms with Gasteiger partial charge in [0.25, 0.3) is 5.91 Å². The van der Waals surface area contributed by atoms with Crippen LogP contribution in [0.4, 0.5) is 10.1 Å². The number of rotatable bonds is 2. The maximum atomic E-state index is 13.0. The molecule has 0 fully saturated rings. The van der Waals surface area contributed by atoms with Crippen molar-refractivity contribution in [3.63, 3.8) is 0 Å². The number of fused-ring (bicyclic) bond motifs is 1. The topological polar surface area (TPSA) is 59.3 Å². The molecule has 5 nitrogen and oxygen atoms in total. The molecule has 3 aromatic rings. The van der Waals surface area contributed by atoms with Crippen LogP contribution in [0.1, 0.15) is 10.5 Å². The van der Waals surface area contributed by atoms with Crippen LogP contribution < -0.4 is 5.32 Å². The molecule has 7 heteroatoms. The van der Waals surface area contributed by atoms with Crippen LogP contribution in [0.5, 0.6) is 0 Å². The monoisotopic (exact) mass is 262 g/mol. The molecule has 90 valence electrons. The van der Waals surface area contributed by atoms with Crippen molar-refractivity contribution in [1.82, 2.24) is 14.6 Å². The van der Waals surface area contributed by atoms with Gasteiger partial charge in [-0.3, -0.25) is 4.79 Å². The first kappa shape index (κ1) is 10.8. The average molecular weight is 262 g/mol. The molecule has 18 heavy (non-hydrogen) atoms. The highest BCUT2D eigenvalue weighted by molar-refractivity contribution is 7.14. The summed E-state index contributed by atoms with van der Waals surface area (Å²) in [6, 6.07) is 5.69. The molecule has 0 radical (unpaired) electrons. The van der Waals surface area contributed by atoms with Gasteiger partial charge in [0.15, 0.2) is 0 Å². The van der Waals surface area contributed by atoms with E-state index in [1.54, 1.807) is 11.6 Å². The highest BCUT2D eigenvalue weighted by Gasteiger charge is 2.12. The quantitative estimate of drug-likeness (QED) is 0.770. The Kier molecular flexibility index (Phi) is 2.52. The Balaban J connectivity index is 1.85. The molecule has 0 saturated heterocycles. The summed E-state index contributed by atoms with van der Waals surface area (Å²) in [6.45, 7) is 0. The van der Waals surface area contributed by atoms with Crippen molar-refractivity contribution >= 4 is 27.9 Å². The lowest BCUT2D eigenvalue weighted by Crippen LogP contribution is -2.12. The fourth-order valence-electron chi connectivity index (χ4n) is 1.51. The summed E-state index contributed by atoms with van der Waals surface area (Å²) in [5.41, 5.74) is 2.28. The predicted molar refractivity (Wildman–Crippen MR) is 65.2 cm³/mol. The number of amides is 1. The summed E-state index contributed by atoms with van der Waals surface area (Å²) in [5, 5.41) is 6.55. The Bertz CT molecular complexity index is 692. The van der Waals surface area contributed by atoms with Gasteiger partial charge < -0.3 is 5.32 Å². The van der Waals surface area contributed by atoms with Crippen LogP contribution in [-0.4, -0.2) is 20.5 Å². The molecule has 0 aliphatic carbocycles. The highest BCUT2D eigenvalue weighted by atomic mass is 32.1. The van der Waals surface area contributed by atoms with E-state index in [2.05, 4.69) is 15.4 Å². The molecule has 3 rings (SSSR count). The lowest BCUT2D eigenvalue weighted by atomic mass is 10.3. The zero-order chi connectivity index (χ0) is 12.5. The molecule has 0 unspecified atom stereocenters. The minimum absolute atomic E-state index is 0.249. The highest BCUT2D eigenvalue weighted by Crippen LogP contribution is 2.13. The molecule has 0 saturated carbocycles. The van der Waals surface area contributed by atoms with Crippen molar-refractivity contribution < 1.29 is 9.18 Å². The minimum Gasteiger partial charge on any atom is -0.320 e. The Morgan fingerprint density at radius 2 is 2.33 bits per heavy atom. The van der Waals surface area contributed by atoms with Crippen molar-refractivity contribution in [1.29, 1.82) is 0 Å². The average Bonchev–Trinajstić information content (AvgIpc) is 2.88. The molecule has 0 aliphatic rings. The van der Waals surface area contributed by atoms with E-state index in [1.165, 1.54) is 40.2 Å². The number of nitrogens with one attached hydrogen (secondary N) is 1. The number of halogens is 1. The van der Waals surface area contributed by atoms with Gasteiger partial charge in [-0.2, -0.15) is 5.10 Å². The minimum atomic E-state index is -0.403. The van der Waals surface area contributed by atoms with Gasteiger partial charge >= 0.3 is 0 Å². The summed E-state index contributed by atoms with van der Waals surface area (Å²) in [4.78, 5) is 16.6. The second kappa shape index (κ2) is 4.19. The molecular weight excluding hydrogens is 255 g/mol. The van der Waals surface area contributed by atoms with E-state index in [9.17, 15) is 9.18 Å². The largest absolute Gasteiger partial charge is 0.320 e. The molecule has 0 aliphatic heterocycles. The summed E-state index contributed by atoms with van der Waals surface area (Å²) in [5.74, 6) is -0.793. The van der Waals surface area contributed by atoms with Crippen LogP contribution in [0.25, 0.3) is 4.96 Å². The van der Waals surface area contributed by atoms with E-state index in [1.807, 2.05) is 0 Å². The Labute approximate surface area is 105 Å². The zero-order valence-electron chi connectivity index (χ0n) is 9.00. The molecular formula is C11H7FN4OS. The number of carbonyl (C=O) groups is 1. The maximum Gasteiger partial charge on any atom is 0.275 e. The third kappa shape index (κ3) is 1.95. The summed E-state index contributed by atoms with van der Waals surface area (Å²) < 4.78 is 14.5. The Hall–Kier alpha value is -2.28. The smallest absolute Gasteiger partial charge is 0.275 e. The molecule has 2 aromatic heterocycles. The first-order chi connectivity index (χ1) is 8.72. The number of benzene rings is 1. The van der Waals surface area contributed by atoms with Crippen molar-refractivity contribution in [2.75, 3.05) is 5.32 Å². The van der Waals surface area contributed by atoms with Crippen molar-refractivity contribution in [3.05, 3.63) is 47.5 Å². The lowest BCUT2D eigenvalue weighted by Gasteiger charge is -2.02. The van der Waals surface area contributed by atoms with Crippen LogP contribution in [0.15, 0.2) is 36.0 Å². The third-order valence-corrected chi connectivity index (χ3v) is 2.99. The SMILES string of the molecule is O=C(Nc1cccc(F)c1)c1cn2ncsc2n1. The van der Waals surface area contributed by atoms with E-state index < -0.39 is 11.7 Å². The van der Waals surface area contributed by atoms with Gasteiger partial charge in [-0.15, -0.1) is 0 Å². The number of nitrogens with zero attached hydrogens (tertiary/aromatic N) is 3. The Morgan fingerprint density at radius 1 is 1.44 bits per heavy atom. The molecule has 0 spiro atoms. The fraction of sp³-hybridized carbons (Fsp3) is 0. The van der Waals surface area contributed by atoms with Crippen molar-refractivity contribution in [2.45, 2.75) is 0 Å². The van der Waals surface area contributed by atoms with Gasteiger partial charge in [0, 0.05) is 5.69 Å². The summed E-state index contributed by atoms with van der Waals surface area (Å²) in [6.07, 6.45) is 1.53. The standard InChI is InChI=1S/C11H7FN4OS/c12-7-2-1-3-8(4-7)14-10(17)9-5-16-11(15-9)18-6-13-16/h1-6H,(H,14,17). The Morgan fingerprint density at radius 3 is 3.11 bits per heavy atom. The molecule has 1 N–H and O–H groups in total. The van der Waals surface area contributed by atoms with E-state index in [0.29, 0.717) is 10.6 Å². The van der Waals surface area contributed by atoms with E-state index in [0.717, 1.165) is 0 Å². The van der Waals surface area contributed by atoms with Gasteiger partial charge in [-0.05, 0) is 18.2 Å². The fourth-order valence-corrected chi connectivity index (χ4v) is 2.11. The second-order valence-corrected chi connectivity index (χ2v) is 4.37. The number of hydrogen-bond donors (Lipinski definition) is 1.